The van der Waals surface area contributed by atoms with Crippen LogP contribution in [-0.4, -0.2) is 21.9 Å². The molecule has 2 aliphatic rings. The van der Waals surface area contributed by atoms with Gasteiger partial charge in [-0.25, -0.2) is 4.68 Å². The normalized spacial score (nSPS) is 16.1. The lowest BCUT2D eigenvalue weighted by Crippen LogP contribution is -2.14. The van der Waals surface area contributed by atoms with E-state index in [9.17, 15) is 4.79 Å². The molecule has 0 bridgehead atoms. The first kappa shape index (κ1) is 21.7. The number of hydrogen-bond donors (Lipinski definition) is 1. The van der Waals surface area contributed by atoms with Crippen LogP contribution in [0.1, 0.15) is 65.6 Å². The third-order valence-electron chi connectivity index (χ3n) is 6.27. The van der Waals surface area contributed by atoms with Crippen molar-refractivity contribution in [1.82, 2.24) is 9.78 Å². The Morgan fingerprint density at radius 3 is 2.58 bits per heavy atom. The van der Waals surface area contributed by atoms with E-state index in [2.05, 4.69) is 20.6 Å². The number of benzene rings is 2. The fourth-order valence-corrected chi connectivity index (χ4v) is 4.17. The Morgan fingerprint density at radius 2 is 1.88 bits per heavy atom. The number of aromatic nitrogens is 2. The highest BCUT2D eigenvalue weighted by Crippen LogP contribution is 2.45. The second-order valence-electron chi connectivity index (χ2n) is 9.02. The number of hydrogen-bond acceptors (Lipinski definition) is 3. The molecule has 2 aromatic carbocycles. The van der Waals surface area contributed by atoms with Gasteiger partial charge in [0.1, 0.15) is 0 Å². The van der Waals surface area contributed by atoms with Crippen molar-refractivity contribution in [2.45, 2.75) is 50.9 Å². The molecule has 5 nitrogen and oxygen atoms in total. The lowest BCUT2D eigenvalue weighted by Gasteiger charge is -2.10. The van der Waals surface area contributed by atoms with Gasteiger partial charge in [0.05, 0.1) is 17.8 Å². The van der Waals surface area contributed by atoms with E-state index in [4.69, 9.17) is 16.9 Å². The molecule has 33 heavy (non-hydrogen) atoms. The van der Waals surface area contributed by atoms with Gasteiger partial charge >= 0.3 is 0 Å². The van der Waals surface area contributed by atoms with E-state index in [-0.39, 0.29) is 5.91 Å². The van der Waals surface area contributed by atoms with E-state index in [1.54, 1.807) is 6.08 Å². The molecule has 2 aliphatic carbocycles. The van der Waals surface area contributed by atoms with Crippen LogP contribution in [-0.2, 0) is 11.2 Å². The number of carbonyl (C=O) groups is 1. The van der Waals surface area contributed by atoms with E-state index in [1.807, 2.05) is 55.5 Å². The zero-order valence-electron chi connectivity index (χ0n) is 18.7. The molecule has 0 atom stereocenters. The van der Waals surface area contributed by atoms with Crippen molar-refractivity contribution in [3.8, 4) is 5.69 Å². The highest BCUT2D eigenvalue weighted by Gasteiger charge is 2.32. The van der Waals surface area contributed by atoms with E-state index in [0.29, 0.717) is 18.3 Å². The third-order valence-corrected chi connectivity index (χ3v) is 6.38. The summed E-state index contributed by atoms with van der Waals surface area (Å²) in [5, 5.41) is 7.91. The summed E-state index contributed by atoms with van der Waals surface area (Å²) in [6, 6.07) is 16.3. The first-order chi connectivity index (χ1) is 16.1. The van der Waals surface area contributed by atoms with Gasteiger partial charge in [-0.05, 0) is 85.7 Å². The number of aryl methyl sites for hydroxylation is 1. The molecule has 0 aliphatic heterocycles. The van der Waals surface area contributed by atoms with Crippen LogP contribution >= 0.6 is 11.8 Å². The highest BCUT2D eigenvalue weighted by atomic mass is 35.5. The molecule has 0 unspecified atom stereocenters. The number of anilines is 1. The van der Waals surface area contributed by atoms with Crippen molar-refractivity contribution >= 4 is 35.7 Å². The van der Waals surface area contributed by atoms with Gasteiger partial charge in [0, 0.05) is 41.2 Å². The van der Waals surface area contributed by atoms with E-state index >= 15 is 0 Å². The van der Waals surface area contributed by atoms with Gasteiger partial charge in [0.2, 0.25) is 5.91 Å². The predicted octanol–water partition coefficient (Wildman–Crippen LogP) is 6.35. The van der Waals surface area contributed by atoms with Gasteiger partial charge in [-0.2, -0.15) is 9.61 Å². The van der Waals surface area contributed by atoms with Crippen molar-refractivity contribution in [1.29, 1.82) is 0 Å². The average Bonchev–Trinajstić information content (AvgIpc) is 3.75. The van der Waals surface area contributed by atoms with Crippen LogP contribution in [0.15, 0.2) is 59.1 Å². The maximum atomic E-state index is 12.6. The Hall–Kier alpha value is -3.18. The van der Waals surface area contributed by atoms with Crippen LogP contribution in [0, 0.1) is 6.92 Å². The van der Waals surface area contributed by atoms with Crippen molar-refractivity contribution in [2.75, 3.05) is 5.32 Å². The van der Waals surface area contributed by atoms with Gasteiger partial charge in [0.15, 0.2) is 0 Å². The molecular formula is C27H27ClN4O. The lowest BCUT2D eigenvalue weighted by atomic mass is 10.0. The topological polar surface area (TPSA) is 59.3 Å². The van der Waals surface area contributed by atoms with Crippen molar-refractivity contribution in [3.63, 3.8) is 0 Å². The molecule has 168 valence electrons. The Labute approximate surface area is 199 Å². The number of nitrogens with zero attached hydrogens (tertiary/aromatic N) is 3. The van der Waals surface area contributed by atoms with E-state index in [0.717, 1.165) is 28.1 Å². The summed E-state index contributed by atoms with van der Waals surface area (Å²) in [6.45, 7) is 2.03. The zero-order valence-corrected chi connectivity index (χ0v) is 19.4. The van der Waals surface area contributed by atoms with Crippen LogP contribution in [0.5, 0.6) is 0 Å². The Morgan fingerprint density at radius 1 is 1.12 bits per heavy atom. The highest BCUT2D eigenvalue weighted by molar-refractivity contribution is 6.18. The van der Waals surface area contributed by atoms with Crippen LogP contribution in [0.2, 0.25) is 0 Å². The average molecular weight is 459 g/mol. The van der Waals surface area contributed by atoms with E-state index in [1.165, 1.54) is 43.3 Å². The first-order valence-electron chi connectivity index (χ1n) is 11.5. The van der Waals surface area contributed by atoms with Gasteiger partial charge in [-0.15, -0.1) is 0 Å². The number of allylic oxidation sites excluding steroid dienone is 1. The van der Waals surface area contributed by atoms with Crippen molar-refractivity contribution < 1.29 is 4.79 Å². The maximum Gasteiger partial charge on any atom is 0.228 e. The maximum absolute atomic E-state index is 12.6. The fraction of sp³-hybridized carbons (Fsp3) is 0.296. The largest absolute Gasteiger partial charge is 0.326 e. The van der Waals surface area contributed by atoms with Gasteiger partial charge in [-0.1, -0.05) is 24.3 Å². The van der Waals surface area contributed by atoms with Gasteiger partial charge in [0.25, 0.3) is 0 Å². The minimum atomic E-state index is -0.0439. The lowest BCUT2D eigenvalue weighted by molar-refractivity contribution is -0.115. The van der Waals surface area contributed by atoms with Crippen LogP contribution in [0.25, 0.3) is 11.8 Å². The zero-order chi connectivity index (χ0) is 22.8. The molecule has 1 amide bonds. The number of rotatable bonds is 8. The molecule has 0 radical (unpaired) electrons. The third kappa shape index (κ3) is 5.25. The summed E-state index contributed by atoms with van der Waals surface area (Å²) in [7, 11) is 0. The SMILES string of the molecule is Cc1ccc(CC(=O)Nc2ccc(-n3nc(C4CC4)cc3C3CC3)cc2)cc1/C=C\C=NCl. The minimum absolute atomic E-state index is 0.0439. The van der Waals surface area contributed by atoms with Crippen LogP contribution in [0.4, 0.5) is 5.69 Å². The van der Waals surface area contributed by atoms with Crippen molar-refractivity contribution in [2.24, 2.45) is 4.51 Å². The molecule has 6 heteroatoms. The number of carbonyl (C=O) groups excluding carboxylic acids is 1. The second kappa shape index (κ2) is 9.36. The van der Waals surface area contributed by atoms with Crippen LogP contribution < -0.4 is 5.32 Å². The molecule has 5 rings (SSSR count). The summed E-state index contributed by atoms with van der Waals surface area (Å²) < 4.78 is 5.55. The summed E-state index contributed by atoms with van der Waals surface area (Å²) >= 11 is 5.33. The van der Waals surface area contributed by atoms with Gasteiger partial charge in [-0.3, -0.25) is 4.79 Å². The summed E-state index contributed by atoms with van der Waals surface area (Å²) in [4.78, 5) is 12.6. The monoisotopic (exact) mass is 458 g/mol. The summed E-state index contributed by atoms with van der Waals surface area (Å²) in [6.07, 6.45) is 10.6. The molecular weight excluding hydrogens is 432 g/mol. The quantitative estimate of drug-likeness (QED) is 0.399. The van der Waals surface area contributed by atoms with Crippen LogP contribution in [0.3, 0.4) is 0 Å². The smallest absolute Gasteiger partial charge is 0.228 e. The van der Waals surface area contributed by atoms with Gasteiger partial charge < -0.3 is 5.32 Å². The Kier molecular flexibility index (Phi) is 6.14. The van der Waals surface area contributed by atoms with E-state index < -0.39 is 0 Å². The molecule has 0 saturated heterocycles. The molecule has 0 spiro atoms. The summed E-state index contributed by atoms with van der Waals surface area (Å²) in [5.74, 6) is 1.24. The predicted molar refractivity (Wildman–Crippen MR) is 134 cm³/mol. The number of halogens is 1. The molecule has 1 aromatic heterocycles. The molecule has 3 aromatic rings. The molecule has 2 saturated carbocycles. The molecule has 1 N–H and O–H groups in total. The molecule has 1 heterocycles. The fourth-order valence-electron chi connectivity index (χ4n) is 4.11. The number of amides is 1. The second-order valence-corrected chi connectivity index (χ2v) is 9.22. The van der Waals surface area contributed by atoms with Crippen molar-refractivity contribution in [3.05, 3.63) is 82.7 Å². The standard InChI is InChI=1S/C27H27ClN4O/c1-18-4-5-19(15-22(18)3-2-14-29-28)16-27(33)30-23-10-12-24(13-11-23)32-26(21-8-9-21)17-25(31-32)20-6-7-20/h2-5,10-15,17,20-21H,6-9,16H2,1H3,(H,30,33)/b3-2-,29-14?. The Bertz CT molecular complexity index is 1220. The number of nitrogens with one attached hydrogen (secondary N) is 1. The first-order valence-corrected chi connectivity index (χ1v) is 11.8. The summed E-state index contributed by atoms with van der Waals surface area (Å²) in [5.41, 5.74) is 7.52. The Balaban J connectivity index is 1.26. The molecule has 2 fully saturated rings. The minimum Gasteiger partial charge on any atom is -0.326 e.